The van der Waals surface area contributed by atoms with E-state index in [4.69, 9.17) is 0 Å². The van der Waals surface area contributed by atoms with Gasteiger partial charge in [-0.3, -0.25) is 0 Å². The molecule has 0 N–H and O–H groups in total. The van der Waals surface area contributed by atoms with Crippen molar-refractivity contribution in [2.45, 2.75) is 41.0 Å². The summed E-state index contributed by atoms with van der Waals surface area (Å²) < 4.78 is 3.43. The molecular formula is C15H22Ti-2. The summed E-state index contributed by atoms with van der Waals surface area (Å²) in [7, 11) is 0. The van der Waals surface area contributed by atoms with Crippen LogP contribution in [0.3, 0.4) is 0 Å². The monoisotopic (exact) mass is 250 g/mol. The average molecular weight is 250 g/mol. The zero-order valence-corrected chi connectivity index (χ0v) is 12.5. The van der Waals surface area contributed by atoms with Crippen LogP contribution < -0.4 is 0 Å². The molecule has 0 aromatic rings. The maximum absolute atomic E-state index is 2.39. The number of rotatable bonds is 2. The predicted octanol–water partition coefficient (Wildman–Crippen LogP) is 4.79. The fraction of sp³-hybridized carbons (Fsp3) is 0.467. The van der Waals surface area contributed by atoms with Crippen molar-refractivity contribution in [1.29, 1.82) is 0 Å². The minimum atomic E-state index is -0.0777. The van der Waals surface area contributed by atoms with Crippen LogP contribution in [-0.2, 0) is 19.2 Å². The van der Waals surface area contributed by atoms with Crippen LogP contribution >= 0.6 is 0 Å². The largest absolute Gasteiger partial charge is 1.00 e. The fourth-order valence-corrected chi connectivity index (χ4v) is 5.04. The molecule has 0 amide bonds. The molecule has 0 unspecified atom stereocenters. The van der Waals surface area contributed by atoms with Crippen LogP contribution in [0.5, 0.6) is 0 Å². The summed E-state index contributed by atoms with van der Waals surface area (Å²) in [5.41, 5.74) is 5.01. The first kappa shape index (κ1) is 12.1. The molecule has 2 aliphatic rings. The number of hydrogen-bond donors (Lipinski definition) is 0. The summed E-state index contributed by atoms with van der Waals surface area (Å²) in [5, 5.41) is 0. The van der Waals surface area contributed by atoms with Crippen molar-refractivity contribution in [1.82, 2.24) is 0 Å². The van der Waals surface area contributed by atoms with Gasteiger partial charge in [0.15, 0.2) is 0 Å². The molecule has 0 aliphatic heterocycles. The van der Waals surface area contributed by atoms with Gasteiger partial charge in [0.2, 0.25) is 0 Å². The minimum Gasteiger partial charge on any atom is -1.00 e. The van der Waals surface area contributed by atoms with Crippen LogP contribution in [0.4, 0.5) is 0 Å². The minimum absolute atomic E-state index is 0. The second kappa shape index (κ2) is 4.16. The van der Waals surface area contributed by atoms with E-state index in [2.05, 4.69) is 52.8 Å². The predicted molar refractivity (Wildman–Crippen MR) is 68.9 cm³/mol. The third kappa shape index (κ3) is 1.83. The van der Waals surface area contributed by atoms with Crippen LogP contribution in [0.25, 0.3) is 0 Å². The van der Waals surface area contributed by atoms with Crippen molar-refractivity contribution in [2.24, 2.45) is 5.41 Å². The van der Waals surface area contributed by atoms with Gasteiger partial charge in [0.25, 0.3) is 0 Å². The van der Waals surface area contributed by atoms with E-state index in [1.807, 2.05) is 0 Å². The fourth-order valence-electron chi connectivity index (χ4n) is 2.54. The Bertz CT molecular complexity index is 451. The molecule has 88 valence electrons. The van der Waals surface area contributed by atoms with Crippen LogP contribution in [-0.4, -0.2) is 0 Å². The maximum atomic E-state index is 2.39. The van der Waals surface area contributed by atoms with Crippen molar-refractivity contribution in [3.8, 4) is 0 Å². The van der Waals surface area contributed by atoms with E-state index in [1.54, 1.807) is 18.9 Å². The Labute approximate surface area is 111 Å². The van der Waals surface area contributed by atoms with Gasteiger partial charge in [-0.2, -0.15) is 0 Å². The van der Waals surface area contributed by atoms with Gasteiger partial charge in [-0.05, 0) is 0 Å². The zero-order chi connectivity index (χ0) is 11.9. The van der Waals surface area contributed by atoms with Gasteiger partial charge in [-0.25, -0.2) is 0 Å². The zero-order valence-electron chi connectivity index (χ0n) is 12.9. The first-order valence-electron chi connectivity index (χ1n) is 5.97. The molecule has 0 fully saturated rings. The van der Waals surface area contributed by atoms with E-state index in [9.17, 15) is 0 Å². The second-order valence-corrected chi connectivity index (χ2v) is 7.50. The Morgan fingerprint density at radius 3 is 2.31 bits per heavy atom. The van der Waals surface area contributed by atoms with E-state index in [1.165, 1.54) is 12.0 Å². The molecule has 0 saturated heterocycles. The van der Waals surface area contributed by atoms with Crippen molar-refractivity contribution >= 4 is 0 Å². The van der Waals surface area contributed by atoms with Crippen molar-refractivity contribution in [2.75, 3.05) is 0 Å². The normalized spacial score (nSPS) is 23.2. The van der Waals surface area contributed by atoms with Crippen LogP contribution in [0.15, 0.2) is 42.7 Å². The standard InChI is InChI=1S/C10H15.C5H5.Ti.2H/c1-7-6-10(4,5)9(3)8(7)2;1-2-4-5-3-1;;;/h1-5H3;1-3H,4H2;;;/q;;;2*-1. The Morgan fingerprint density at radius 2 is 1.88 bits per heavy atom. The van der Waals surface area contributed by atoms with Gasteiger partial charge in [0, 0.05) is 0 Å². The topological polar surface area (TPSA) is 0 Å². The Morgan fingerprint density at radius 1 is 1.19 bits per heavy atom. The molecule has 2 aliphatic carbocycles. The molecule has 0 saturated carbocycles. The van der Waals surface area contributed by atoms with Gasteiger partial charge in [-0.1, -0.05) is 0 Å². The van der Waals surface area contributed by atoms with Gasteiger partial charge < -0.3 is 2.85 Å². The third-order valence-corrected chi connectivity index (χ3v) is 7.15. The molecule has 16 heavy (non-hydrogen) atoms. The van der Waals surface area contributed by atoms with E-state index in [-0.39, 0.29) is 22.0 Å². The first-order chi connectivity index (χ1) is 7.44. The quantitative estimate of drug-likeness (QED) is 0.618. The third-order valence-electron chi connectivity index (χ3n) is 4.12. The van der Waals surface area contributed by atoms with Crippen molar-refractivity contribution < 1.29 is 22.0 Å². The molecule has 1 heteroatoms. The summed E-state index contributed by atoms with van der Waals surface area (Å²) in [6, 6.07) is 0. The van der Waals surface area contributed by atoms with E-state index in [0.717, 1.165) is 0 Å². The smallest absolute Gasteiger partial charge is 1.00 e. The summed E-state index contributed by atoms with van der Waals surface area (Å²) in [6.07, 6.45) is 8.03. The molecule has 0 bridgehead atoms. The van der Waals surface area contributed by atoms with Gasteiger partial charge in [0.1, 0.15) is 0 Å². The van der Waals surface area contributed by atoms with E-state index >= 15 is 0 Å². The van der Waals surface area contributed by atoms with Gasteiger partial charge in [0.05, 0.1) is 0 Å². The van der Waals surface area contributed by atoms with E-state index in [0.29, 0.717) is 5.41 Å². The number of allylic oxidation sites excluding steroid dienone is 8. The molecule has 0 spiro atoms. The van der Waals surface area contributed by atoms with E-state index < -0.39 is 0 Å². The molecule has 0 aromatic heterocycles. The van der Waals surface area contributed by atoms with Gasteiger partial charge in [-0.15, -0.1) is 0 Å². The van der Waals surface area contributed by atoms with Crippen LogP contribution in [0.2, 0.25) is 0 Å². The molecule has 0 nitrogen and oxygen atoms in total. The molecule has 2 rings (SSSR count). The SMILES string of the molecule is CC1=C(C)C(C)(C)[C]([Ti][C]2=CC=CC2)=C1C.[H-].[H-]. The summed E-state index contributed by atoms with van der Waals surface area (Å²) in [6.45, 7) is 11.7. The van der Waals surface area contributed by atoms with Crippen LogP contribution in [0.1, 0.15) is 43.9 Å². The first-order valence-corrected chi connectivity index (χ1v) is 7.53. The molecular weight excluding hydrogens is 228 g/mol. The Hall–Kier alpha value is -0.326. The summed E-state index contributed by atoms with van der Waals surface area (Å²) in [4.78, 5) is 0. The Kier molecular flexibility index (Phi) is 3.16. The molecule has 0 radical (unpaired) electrons. The Balaban J connectivity index is 0.00000144. The molecule has 0 heterocycles. The number of hydrogen-bond acceptors (Lipinski definition) is 0. The second-order valence-electron chi connectivity index (χ2n) is 5.32. The summed E-state index contributed by atoms with van der Waals surface area (Å²) >= 11 is -0.0777. The summed E-state index contributed by atoms with van der Waals surface area (Å²) in [5.74, 6) is 0. The van der Waals surface area contributed by atoms with Gasteiger partial charge >= 0.3 is 108 Å². The van der Waals surface area contributed by atoms with Crippen molar-refractivity contribution in [3.63, 3.8) is 0 Å². The van der Waals surface area contributed by atoms with Crippen LogP contribution in [0, 0.1) is 5.41 Å². The average Bonchev–Trinajstić information content (AvgIpc) is 2.78. The molecule has 0 aromatic carbocycles. The van der Waals surface area contributed by atoms with Crippen molar-refractivity contribution in [3.05, 3.63) is 42.7 Å². The molecule has 0 atom stereocenters. The maximum Gasteiger partial charge on any atom is -1.00 e.